The fourth-order valence-electron chi connectivity index (χ4n) is 1.80. The maximum atomic E-state index is 12.1. The van der Waals surface area contributed by atoms with Gasteiger partial charge in [0.2, 0.25) is 5.96 Å². The van der Waals surface area contributed by atoms with Crippen molar-refractivity contribution in [2.24, 2.45) is 30.1 Å². The van der Waals surface area contributed by atoms with E-state index in [1.54, 1.807) is 0 Å². The van der Waals surface area contributed by atoms with Crippen LogP contribution >= 0.6 is 0 Å². The second kappa shape index (κ2) is 5.11. The number of aromatic nitrogens is 4. The molecule has 0 aromatic carbocycles. The highest BCUT2D eigenvalue weighted by atomic mass is 16.2. The van der Waals surface area contributed by atoms with E-state index in [4.69, 9.17) is 11.1 Å². The van der Waals surface area contributed by atoms with E-state index in [-0.39, 0.29) is 17.7 Å². The number of nitrogens with one attached hydrogen (secondary N) is 1. The summed E-state index contributed by atoms with van der Waals surface area (Å²) >= 11 is 0. The van der Waals surface area contributed by atoms with Crippen LogP contribution in [0.25, 0.3) is 11.2 Å². The summed E-state index contributed by atoms with van der Waals surface area (Å²) in [6.07, 6.45) is 1.26. The van der Waals surface area contributed by atoms with Crippen molar-refractivity contribution in [2.45, 2.75) is 6.54 Å². The van der Waals surface area contributed by atoms with Crippen LogP contribution in [-0.4, -0.2) is 30.6 Å². The van der Waals surface area contributed by atoms with Crippen LogP contribution in [0.3, 0.4) is 0 Å². The molecule has 0 bridgehead atoms. The zero-order valence-corrected chi connectivity index (χ0v) is 11.3. The van der Waals surface area contributed by atoms with E-state index in [0.29, 0.717) is 0 Å². The topological polar surface area (TPSA) is 153 Å². The van der Waals surface area contributed by atoms with Gasteiger partial charge in [0.05, 0.1) is 6.33 Å². The molecule has 2 aromatic rings. The summed E-state index contributed by atoms with van der Waals surface area (Å²) in [6.45, 7) is -0.305. The molecule has 21 heavy (non-hydrogen) atoms. The lowest BCUT2D eigenvalue weighted by Crippen LogP contribution is -2.37. The van der Waals surface area contributed by atoms with Gasteiger partial charge in [-0.2, -0.15) is 0 Å². The minimum Gasteiger partial charge on any atom is -0.367 e. The van der Waals surface area contributed by atoms with Crippen molar-refractivity contribution in [3.63, 3.8) is 0 Å². The van der Waals surface area contributed by atoms with Crippen molar-refractivity contribution >= 4 is 23.0 Å². The van der Waals surface area contributed by atoms with Crippen molar-refractivity contribution in [1.82, 2.24) is 18.7 Å². The molecule has 3 N–H and O–H groups in total. The minimum atomic E-state index is -0.708. The van der Waals surface area contributed by atoms with Crippen LogP contribution in [0.15, 0.2) is 26.1 Å². The number of carbonyl (C=O) groups excluding carboxylic acids is 1. The third-order valence-corrected chi connectivity index (χ3v) is 2.79. The van der Waals surface area contributed by atoms with Gasteiger partial charge in [-0.05, 0) is 0 Å². The predicted molar refractivity (Wildman–Crippen MR) is 72.0 cm³/mol. The summed E-state index contributed by atoms with van der Waals surface area (Å²) in [4.78, 5) is 39.4. The van der Waals surface area contributed by atoms with Crippen molar-refractivity contribution in [2.75, 3.05) is 0 Å². The van der Waals surface area contributed by atoms with Gasteiger partial charge < -0.3 is 10.3 Å². The van der Waals surface area contributed by atoms with Crippen LogP contribution in [0.5, 0.6) is 0 Å². The summed E-state index contributed by atoms with van der Waals surface area (Å²) in [5.41, 5.74) is 4.13. The first-order chi connectivity index (χ1) is 9.82. The molecule has 2 aromatic heterocycles. The van der Waals surface area contributed by atoms with E-state index in [0.717, 1.165) is 4.57 Å². The maximum absolute atomic E-state index is 12.1. The number of fused-ring (bicyclic) bond motifs is 1. The van der Waals surface area contributed by atoms with Crippen molar-refractivity contribution < 1.29 is 4.79 Å². The quantitative estimate of drug-likeness (QED) is 0.384. The number of carbonyl (C=O) groups is 1. The average molecular weight is 292 g/mol. The SMILES string of the molecule is Cn1c(=O)c2c(ncn2CC(=O)/N=N/C(=N)N)n(C)c1=O. The maximum Gasteiger partial charge on any atom is 0.332 e. The number of aryl methyl sites for hydroxylation is 1. The van der Waals surface area contributed by atoms with Gasteiger partial charge in [-0.15, -0.1) is 10.2 Å². The lowest BCUT2D eigenvalue weighted by Gasteiger charge is -2.04. The number of amides is 1. The van der Waals surface area contributed by atoms with Gasteiger partial charge >= 0.3 is 5.69 Å². The Morgan fingerprint density at radius 2 is 2.00 bits per heavy atom. The molecule has 0 saturated carbocycles. The largest absolute Gasteiger partial charge is 0.367 e. The second-order valence-corrected chi connectivity index (χ2v) is 4.23. The second-order valence-electron chi connectivity index (χ2n) is 4.23. The Hall–Kier alpha value is -3.11. The molecule has 11 nitrogen and oxygen atoms in total. The molecule has 0 spiro atoms. The lowest BCUT2D eigenvalue weighted by atomic mass is 10.5. The summed E-state index contributed by atoms with van der Waals surface area (Å²) in [7, 11) is 2.80. The fourth-order valence-corrected chi connectivity index (χ4v) is 1.80. The van der Waals surface area contributed by atoms with Crippen molar-refractivity contribution in [3.8, 4) is 0 Å². The first-order valence-electron chi connectivity index (χ1n) is 5.72. The molecule has 0 atom stereocenters. The molecule has 0 aliphatic carbocycles. The summed E-state index contributed by atoms with van der Waals surface area (Å²) in [5.74, 6) is -1.31. The Morgan fingerprint density at radius 3 is 2.62 bits per heavy atom. The number of hydrogen-bond acceptors (Lipinski definition) is 5. The zero-order chi connectivity index (χ0) is 15.7. The predicted octanol–water partition coefficient (Wildman–Crippen LogP) is -1.69. The Labute approximate surface area is 116 Å². The Morgan fingerprint density at radius 1 is 1.33 bits per heavy atom. The third-order valence-electron chi connectivity index (χ3n) is 2.79. The van der Waals surface area contributed by atoms with Gasteiger partial charge in [0.1, 0.15) is 6.54 Å². The van der Waals surface area contributed by atoms with E-state index >= 15 is 0 Å². The number of nitrogens with zero attached hydrogens (tertiary/aromatic N) is 6. The molecular formula is C10H12N8O3. The molecule has 0 unspecified atom stereocenters. The van der Waals surface area contributed by atoms with Crippen LogP contribution in [0.1, 0.15) is 0 Å². The minimum absolute atomic E-state index is 0.103. The standard InChI is InChI=1S/C10H12N8O3/c1-16-7-6(8(20)17(2)10(16)21)18(4-13-7)3-5(19)14-15-9(11)12/h4H,3H2,1-2H3,(H3,11,12)/b15-14+. The molecule has 0 aliphatic rings. The highest BCUT2D eigenvalue weighted by Crippen LogP contribution is 2.05. The molecular weight excluding hydrogens is 280 g/mol. The van der Waals surface area contributed by atoms with E-state index in [1.807, 2.05) is 0 Å². The molecule has 0 saturated heterocycles. The molecule has 0 radical (unpaired) electrons. The number of nitrogens with two attached hydrogens (primary N) is 1. The van der Waals surface area contributed by atoms with Crippen LogP contribution in [0.4, 0.5) is 0 Å². The number of hydrogen-bond donors (Lipinski definition) is 2. The van der Waals surface area contributed by atoms with Crippen LogP contribution in [0, 0.1) is 5.41 Å². The lowest BCUT2D eigenvalue weighted by molar-refractivity contribution is -0.118. The van der Waals surface area contributed by atoms with E-state index in [1.165, 1.54) is 29.6 Å². The number of rotatable bonds is 2. The highest BCUT2D eigenvalue weighted by Gasteiger charge is 2.15. The number of guanidine groups is 1. The van der Waals surface area contributed by atoms with Crippen LogP contribution in [0.2, 0.25) is 0 Å². The average Bonchev–Trinajstić information content (AvgIpc) is 2.84. The van der Waals surface area contributed by atoms with E-state index in [2.05, 4.69) is 15.2 Å². The summed E-state index contributed by atoms with van der Waals surface area (Å²) < 4.78 is 3.38. The first-order valence-corrected chi connectivity index (χ1v) is 5.72. The van der Waals surface area contributed by atoms with Gasteiger partial charge in [0.25, 0.3) is 11.5 Å². The monoisotopic (exact) mass is 292 g/mol. The Balaban J connectivity index is 2.53. The smallest absolute Gasteiger partial charge is 0.332 e. The number of azo groups is 1. The fraction of sp³-hybridized carbons (Fsp3) is 0.300. The first kappa shape index (κ1) is 14.3. The molecule has 2 heterocycles. The summed E-state index contributed by atoms with van der Waals surface area (Å²) in [6, 6.07) is 0. The number of imidazole rings is 1. The van der Waals surface area contributed by atoms with Crippen LogP contribution in [-0.2, 0) is 25.4 Å². The normalized spacial score (nSPS) is 11.3. The molecule has 11 heteroatoms. The van der Waals surface area contributed by atoms with Gasteiger partial charge in [0, 0.05) is 14.1 Å². The molecule has 2 rings (SSSR count). The van der Waals surface area contributed by atoms with Gasteiger partial charge in [-0.25, -0.2) is 9.78 Å². The molecule has 1 amide bonds. The van der Waals surface area contributed by atoms with E-state index < -0.39 is 23.1 Å². The van der Waals surface area contributed by atoms with Crippen molar-refractivity contribution in [1.29, 1.82) is 5.41 Å². The van der Waals surface area contributed by atoms with Crippen molar-refractivity contribution in [3.05, 3.63) is 27.2 Å². The molecule has 0 fully saturated rings. The summed E-state index contributed by atoms with van der Waals surface area (Å²) in [5, 5.41) is 13.2. The van der Waals surface area contributed by atoms with E-state index in [9.17, 15) is 14.4 Å². The van der Waals surface area contributed by atoms with Gasteiger partial charge in [0.15, 0.2) is 11.2 Å². The zero-order valence-electron chi connectivity index (χ0n) is 11.3. The van der Waals surface area contributed by atoms with Gasteiger partial charge in [-0.1, -0.05) is 0 Å². The molecule has 110 valence electrons. The Bertz CT molecular complexity index is 884. The third kappa shape index (κ3) is 2.48. The van der Waals surface area contributed by atoms with Gasteiger partial charge in [-0.3, -0.25) is 24.1 Å². The Kier molecular flexibility index (Phi) is 3.48. The van der Waals surface area contributed by atoms with Crippen LogP contribution < -0.4 is 17.0 Å². The molecule has 0 aliphatic heterocycles. The highest BCUT2D eigenvalue weighted by molar-refractivity contribution is 5.82.